The molecule has 0 aliphatic rings. The number of sulfone groups is 1. The van der Waals surface area contributed by atoms with E-state index in [4.69, 9.17) is 0 Å². The van der Waals surface area contributed by atoms with E-state index in [1.165, 1.54) is 6.07 Å². The molecule has 9 heteroatoms. The third kappa shape index (κ3) is 3.60. The van der Waals surface area contributed by atoms with Crippen molar-refractivity contribution < 1.29 is 21.6 Å². The number of alkyl halides is 3. The lowest BCUT2D eigenvalue weighted by Crippen LogP contribution is -2.18. The van der Waals surface area contributed by atoms with E-state index in [1.54, 1.807) is 18.4 Å². The molecule has 2 rings (SSSR count). The van der Waals surface area contributed by atoms with Gasteiger partial charge in [0.25, 0.3) is 0 Å². The molecule has 0 aliphatic carbocycles. The number of hydrogen-bond donors (Lipinski definition) is 0. The number of aromatic nitrogens is 2. The van der Waals surface area contributed by atoms with Crippen LogP contribution in [0.5, 0.6) is 0 Å². The second kappa shape index (κ2) is 5.21. The average molecular weight is 324 g/mol. The Labute approximate surface area is 117 Å². The lowest BCUT2D eigenvalue weighted by molar-refractivity contribution is -0.142. The fraction of sp³-hybridized carbons (Fsp3) is 0.364. The summed E-state index contributed by atoms with van der Waals surface area (Å²) >= 11 is 1.09. The Morgan fingerprint density at radius 1 is 1.35 bits per heavy atom. The fourth-order valence-corrected chi connectivity index (χ4v) is 4.50. The molecule has 0 aliphatic heterocycles. The van der Waals surface area contributed by atoms with Crippen LogP contribution in [0.2, 0.25) is 0 Å². The number of nitrogens with zero attached hydrogens (tertiary/aromatic N) is 2. The Balaban J connectivity index is 2.17. The van der Waals surface area contributed by atoms with Crippen LogP contribution in [0.1, 0.15) is 11.3 Å². The minimum atomic E-state index is -4.38. The van der Waals surface area contributed by atoms with Crippen molar-refractivity contribution >= 4 is 21.2 Å². The van der Waals surface area contributed by atoms with E-state index in [0.29, 0.717) is 10.2 Å². The second-order valence-corrected chi connectivity index (χ2v) is 7.37. The fourth-order valence-electron chi connectivity index (χ4n) is 1.69. The first-order valence-corrected chi connectivity index (χ1v) is 8.06. The van der Waals surface area contributed by atoms with Crippen LogP contribution in [0.15, 0.2) is 27.9 Å². The van der Waals surface area contributed by atoms with E-state index in [2.05, 4.69) is 5.10 Å². The van der Waals surface area contributed by atoms with Gasteiger partial charge < -0.3 is 0 Å². The summed E-state index contributed by atoms with van der Waals surface area (Å²) in [5.41, 5.74) is 0.728. The van der Waals surface area contributed by atoms with Crippen LogP contribution < -0.4 is 0 Å². The molecule has 0 N–H and O–H groups in total. The van der Waals surface area contributed by atoms with Crippen LogP contribution in [0, 0.1) is 6.92 Å². The molecule has 20 heavy (non-hydrogen) atoms. The molecule has 2 aromatic heterocycles. The Bertz CT molecular complexity index is 701. The van der Waals surface area contributed by atoms with Crippen LogP contribution in [0.3, 0.4) is 0 Å². The molecule has 0 radical (unpaired) electrons. The summed E-state index contributed by atoms with van der Waals surface area (Å²) in [6, 6.07) is 2.96. The Hall–Kier alpha value is -1.35. The monoisotopic (exact) mass is 324 g/mol. The predicted octanol–water partition coefficient (Wildman–Crippen LogP) is 2.79. The molecule has 0 spiro atoms. The van der Waals surface area contributed by atoms with Crippen molar-refractivity contribution in [2.45, 2.75) is 29.6 Å². The average Bonchev–Trinajstić information content (AvgIpc) is 2.85. The van der Waals surface area contributed by atoms with Gasteiger partial charge in [-0.3, -0.25) is 4.68 Å². The van der Waals surface area contributed by atoms with Gasteiger partial charge in [-0.2, -0.15) is 18.3 Å². The molecule has 0 fully saturated rings. The number of aryl methyl sites for hydroxylation is 1. The van der Waals surface area contributed by atoms with E-state index in [-0.39, 0.29) is 9.90 Å². The van der Waals surface area contributed by atoms with E-state index in [9.17, 15) is 21.6 Å². The van der Waals surface area contributed by atoms with Crippen molar-refractivity contribution in [3.63, 3.8) is 0 Å². The van der Waals surface area contributed by atoms with Crippen LogP contribution in [0.4, 0.5) is 13.2 Å². The maximum Gasteiger partial charge on any atom is 0.408 e. The Kier molecular flexibility index (Phi) is 3.92. The third-order valence-corrected chi connectivity index (χ3v) is 5.89. The van der Waals surface area contributed by atoms with E-state index in [0.717, 1.165) is 17.5 Å². The SMILES string of the molecule is Cc1ccsc1S(=O)(=O)Cc1ccn(CC(F)(F)F)n1. The van der Waals surface area contributed by atoms with E-state index >= 15 is 0 Å². The molecule has 110 valence electrons. The zero-order chi connectivity index (χ0) is 15.0. The van der Waals surface area contributed by atoms with Gasteiger partial charge in [-0.1, -0.05) is 0 Å². The first-order chi connectivity index (χ1) is 9.17. The maximum absolute atomic E-state index is 12.2. The van der Waals surface area contributed by atoms with E-state index < -0.39 is 28.3 Å². The Morgan fingerprint density at radius 2 is 2.05 bits per heavy atom. The molecule has 0 amide bonds. The van der Waals surface area contributed by atoms with Crippen LogP contribution in [0.25, 0.3) is 0 Å². The highest BCUT2D eigenvalue weighted by Crippen LogP contribution is 2.25. The first-order valence-electron chi connectivity index (χ1n) is 5.53. The van der Waals surface area contributed by atoms with Gasteiger partial charge in [-0.15, -0.1) is 11.3 Å². The molecule has 0 aromatic carbocycles. The predicted molar refractivity (Wildman–Crippen MR) is 68.2 cm³/mol. The van der Waals surface area contributed by atoms with Gasteiger partial charge in [-0.25, -0.2) is 8.42 Å². The van der Waals surface area contributed by atoms with Crippen molar-refractivity contribution in [2.24, 2.45) is 0 Å². The van der Waals surface area contributed by atoms with E-state index in [1.807, 2.05) is 0 Å². The minimum absolute atomic E-state index is 0.0991. The number of halogens is 3. The number of hydrogen-bond acceptors (Lipinski definition) is 4. The highest BCUT2D eigenvalue weighted by molar-refractivity contribution is 7.92. The third-order valence-electron chi connectivity index (χ3n) is 2.47. The summed E-state index contributed by atoms with van der Waals surface area (Å²) in [6.45, 7) is 0.441. The van der Waals surface area contributed by atoms with Gasteiger partial charge in [-0.05, 0) is 30.0 Å². The van der Waals surface area contributed by atoms with Gasteiger partial charge in [0.1, 0.15) is 10.8 Å². The van der Waals surface area contributed by atoms with Crippen molar-refractivity contribution in [1.29, 1.82) is 0 Å². The van der Waals surface area contributed by atoms with Gasteiger partial charge in [0.15, 0.2) is 9.84 Å². The molecular weight excluding hydrogens is 313 g/mol. The molecule has 2 aromatic rings. The summed E-state index contributed by atoms with van der Waals surface area (Å²) < 4.78 is 61.7. The van der Waals surface area contributed by atoms with Gasteiger partial charge in [0.05, 0.1) is 11.4 Å². The standard InChI is InChI=1S/C11H11F3N2O2S2/c1-8-3-5-19-10(8)20(17,18)6-9-2-4-16(15-9)7-11(12,13)14/h2-5H,6-7H2,1H3. The highest BCUT2D eigenvalue weighted by Gasteiger charge is 2.28. The van der Waals surface area contributed by atoms with Gasteiger partial charge >= 0.3 is 6.18 Å². The number of rotatable bonds is 4. The quantitative estimate of drug-likeness (QED) is 0.869. The highest BCUT2D eigenvalue weighted by atomic mass is 32.2. The molecule has 0 bridgehead atoms. The first kappa shape index (κ1) is 15.0. The molecular formula is C11H11F3N2O2S2. The largest absolute Gasteiger partial charge is 0.408 e. The van der Waals surface area contributed by atoms with Crippen molar-refractivity contribution in [1.82, 2.24) is 9.78 Å². The Morgan fingerprint density at radius 3 is 2.60 bits per heavy atom. The molecule has 0 saturated heterocycles. The maximum atomic E-state index is 12.2. The lowest BCUT2D eigenvalue weighted by atomic mass is 10.4. The summed E-state index contributed by atoms with van der Waals surface area (Å²) in [4.78, 5) is 0. The van der Waals surface area contributed by atoms with Crippen LogP contribution in [-0.4, -0.2) is 24.4 Å². The lowest BCUT2D eigenvalue weighted by Gasteiger charge is -2.05. The summed E-state index contributed by atoms with van der Waals surface area (Å²) in [5, 5.41) is 5.30. The van der Waals surface area contributed by atoms with Crippen LogP contribution >= 0.6 is 11.3 Å². The molecule has 2 heterocycles. The normalized spacial score (nSPS) is 12.8. The summed E-state index contributed by atoms with van der Waals surface area (Å²) in [6.07, 6.45) is -3.26. The van der Waals surface area contributed by atoms with Crippen molar-refractivity contribution in [2.75, 3.05) is 0 Å². The topological polar surface area (TPSA) is 52.0 Å². The molecule has 0 atom stereocenters. The number of thiophene rings is 1. The molecule has 4 nitrogen and oxygen atoms in total. The molecule has 0 unspecified atom stereocenters. The van der Waals surface area contributed by atoms with Crippen molar-refractivity contribution in [3.8, 4) is 0 Å². The smallest absolute Gasteiger partial charge is 0.263 e. The zero-order valence-corrected chi connectivity index (χ0v) is 12.0. The zero-order valence-electron chi connectivity index (χ0n) is 10.4. The minimum Gasteiger partial charge on any atom is -0.263 e. The molecule has 0 saturated carbocycles. The van der Waals surface area contributed by atoms with Gasteiger partial charge in [0, 0.05) is 6.20 Å². The summed E-state index contributed by atoms with van der Waals surface area (Å²) in [7, 11) is -3.57. The summed E-state index contributed by atoms with van der Waals surface area (Å²) in [5.74, 6) is -0.404. The second-order valence-electron chi connectivity index (χ2n) is 4.27. The van der Waals surface area contributed by atoms with Crippen LogP contribution in [-0.2, 0) is 22.1 Å². The van der Waals surface area contributed by atoms with Crippen molar-refractivity contribution in [3.05, 3.63) is 35.0 Å². The van der Waals surface area contributed by atoms with Gasteiger partial charge in [0.2, 0.25) is 0 Å².